The van der Waals surface area contributed by atoms with Gasteiger partial charge >= 0.3 is 0 Å². The predicted molar refractivity (Wildman–Crippen MR) is 88.8 cm³/mol. The number of nitrogens with zero attached hydrogens (tertiary/aromatic N) is 1. The zero-order valence-corrected chi connectivity index (χ0v) is 13.9. The number of benzene rings is 1. The van der Waals surface area contributed by atoms with Crippen molar-refractivity contribution in [3.05, 3.63) is 29.3 Å². The molecule has 0 radical (unpaired) electrons. The standard InChI is InChI=1S/C18H28N2O/c1-12-7-9-16(10-14(12)3)19-17-11-15(8-6-13(17)2)18(21)20(4)5/h6,8,11-12,14,16,19H,7,9-10H2,1-5H3. The summed E-state index contributed by atoms with van der Waals surface area (Å²) in [5.74, 6) is 1.65. The minimum Gasteiger partial charge on any atom is -0.382 e. The van der Waals surface area contributed by atoms with Crippen LogP contribution in [0.15, 0.2) is 18.2 Å². The second-order valence-corrected chi connectivity index (χ2v) is 6.84. The SMILES string of the molecule is Cc1ccc(C(=O)N(C)C)cc1NC1CCC(C)C(C)C1. The third-order valence-corrected chi connectivity index (χ3v) is 4.85. The monoisotopic (exact) mass is 288 g/mol. The number of anilines is 1. The van der Waals surface area contributed by atoms with E-state index in [-0.39, 0.29) is 5.91 Å². The van der Waals surface area contributed by atoms with Crippen LogP contribution in [0.1, 0.15) is 49.0 Å². The Bertz CT molecular complexity index is 510. The van der Waals surface area contributed by atoms with E-state index in [1.165, 1.54) is 24.8 Å². The van der Waals surface area contributed by atoms with Gasteiger partial charge in [-0.2, -0.15) is 0 Å². The van der Waals surface area contributed by atoms with Crippen molar-refractivity contribution < 1.29 is 4.79 Å². The predicted octanol–water partition coefficient (Wildman–Crippen LogP) is 3.93. The largest absolute Gasteiger partial charge is 0.382 e. The first-order valence-corrected chi connectivity index (χ1v) is 7.97. The average molecular weight is 288 g/mol. The molecule has 1 aliphatic carbocycles. The van der Waals surface area contributed by atoms with Crippen LogP contribution in [0.4, 0.5) is 5.69 Å². The lowest BCUT2D eigenvalue weighted by molar-refractivity contribution is 0.0827. The van der Waals surface area contributed by atoms with E-state index in [0.717, 1.165) is 23.1 Å². The van der Waals surface area contributed by atoms with Crippen LogP contribution in [-0.4, -0.2) is 30.9 Å². The van der Waals surface area contributed by atoms with Gasteiger partial charge in [-0.1, -0.05) is 19.9 Å². The van der Waals surface area contributed by atoms with E-state index in [1.54, 1.807) is 19.0 Å². The van der Waals surface area contributed by atoms with Gasteiger partial charge < -0.3 is 10.2 Å². The molecule has 1 aromatic carbocycles. The minimum absolute atomic E-state index is 0.0590. The molecule has 0 heterocycles. The molecular formula is C18H28N2O. The molecule has 3 nitrogen and oxygen atoms in total. The molecule has 1 saturated carbocycles. The first-order valence-electron chi connectivity index (χ1n) is 7.97. The summed E-state index contributed by atoms with van der Waals surface area (Å²) >= 11 is 0. The van der Waals surface area contributed by atoms with Gasteiger partial charge in [0.1, 0.15) is 0 Å². The van der Waals surface area contributed by atoms with Crippen LogP contribution >= 0.6 is 0 Å². The number of hydrogen-bond donors (Lipinski definition) is 1. The van der Waals surface area contributed by atoms with Gasteiger partial charge in [-0.3, -0.25) is 4.79 Å². The zero-order chi connectivity index (χ0) is 15.6. The molecule has 1 aliphatic rings. The lowest BCUT2D eigenvalue weighted by atomic mass is 9.79. The summed E-state index contributed by atoms with van der Waals surface area (Å²) in [6.07, 6.45) is 3.72. The number of rotatable bonds is 3. The van der Waals surface area contributed by atoms with Crippen molar-refractivity contribution in [2.45, 2.75) is 46.1 Å². The highest BCUT2D eigenvalue weighted by atomic mass is 16.2. The molecule has 3 heteroatoms. The van der Waals surface area contributed by atoms with Crippen LogP contribution in [0.2, 0.25) is 0 Å². The van der Waals surface area contributed by atoms with Crippen molar-refractivity contribution in [1.29, 1.82) is 0 Å². The Morgan fingerprint density at radius 2 is 1.90 bits per heavy atom. The summed E-state index contributed by atoms with van der Waals surface area (Å²) in [6.45, 7) is 6.79. The lowest BCUT2D eigenvalue weighted by Crippen LogP contribution is -2.30. The van der Waals surface area contributed by atoms with Gasteiger partial charge in [0, 0.05) is 31.4 Å². The highest BCUT2D eigenvalue weighted by Crippen LogP contribution is 2.31. The summed E-state index contributed by atoms with van der Waals surface area (Å²) in [5, 5.41) is 3.66. The Balaban J connectivity index is 2.12. The van der Waals surface area contributed by atoms with E-state index < -0.39 is 0 Å². The molecule has 0 spiro atoms. The van der Waals surface area contributed by atoms with Crippen molar-refractivity contribution in [1.82, 2.24) is 4.90 Å². The maximum absolute atomic E-state index is 12.1. The first-order chi connectivity index (χ1) is 9.88. The Labute approximate surface area is 128 Å². The van der Waals surface area contributed by atoms with Crippen LogP contribution in [0, 0.1) is 18.8 Å². The molecule has 0 aliphatic heterocycles. The maximum atomic E-state index is 12.1. The molecule has 3 unspecified atom stereocenters. The van der Waals surface area contributed by atoms with Crippen LogP contribution in [-0.2, 0) is 0 Å². The Morgan fingerprint density at radius 1 is 1.19 bits per heavy atom. The van der Waals surface area contributed by atoms with Gasteiger partial charge in [-0.25, -0.2) is 0 Å². The third-order valence-electron chi connectivity index (χ3n) is 4.85. The van der Waals surface area contributed by atoms with Gasteiger partial charge in [0.2, 0.25) is 0 Å². The number of carbonyl (C=O) groups is 1. The van der Waals surface area contributed by atoms with E-state index in [4.69, 9.17) is 0 Å². The number of carbonyl (C=O) groups excluding carboxylic acids is 1. The second-order valence-electron chi connectivity index (χ2n) is 6.84. The van der Waals surface area contributed by atoms with Crippen molar-refractivity contribution in [2.75, 3.05) is 19.4 Å². The smallest absolute Gasteiger partial charge is 0.253 e. The van der Waals surface area contributed by atoms with E-state index in [2.05, 4.69) is 26.1 Å². The van der Waals surface area contributed by atoms with E-state index in [9.17, 15) is 4.79 Å². The quantitative estimate of drug-likeness (QED) is 0.914. The van der Waals surface area contributed by atoms with Gasteiger partial charge in [-0.15, -0.1) is 0 Å². The topological polar surface area (TPSA) is 32.3 Å². The fourth-order valence-electron chi connectivity index (χ4n) is 3.07. The molecule has 3 atom stereocenters. The fourth-order valence-corrected chi connectivity index (χ4v) is 3.07. The summed E-state index contributed by atoms with van der Waals surface area (Å²) < 4.78 is 0. The van der Waals surface area contributed by atoms with Crippen molar-refractivity contribution in [3.8, 4) is 0 Å². The zero-order valence-electron chi connectivity index (χ0n) is 13.9. The van der Waals surface area contributed by atoms with Crippen molar-refractivity contribution in [2.24, 2.45) is 11.8 Å². The number of amides is 1. The van der Waals surface area contributed by atoms with Gasteiger partial charge in [0.15, 0.2) is 0 Å². The number of hydrogen-bond acceptors (Lipinski definition) is 2. The highest BCUT2D eigenvalue weighted by Gasteiger charge is 2.24. The fraction of sp³-hybridized carbons (Fsp3) is 0.611. The van der Waals surface area contributed by atoms with Crippen LogP contribution in [0.25, 0.3) is 0 Å². The highest BCUT2D eigenvalue weighted by molar-refractivity contribution is 5.95. The van der Waals surface area contributed by atoms with Gasteiger partial charge in [0.25, 0.3) is 5.91 Å². The minimum atomic E-state index is 0.0590. The van der Waals surface area contributed by atoms with Crippen LogP contribution in [0.3, 0.4) is 0 Å². The average Bonchev–Trinajstić information content (AvgIpc) is 2.44. The molecule has 21 heavy (non-hydrogen) atoms. The van der Waals surface area contributed by atoms with Crippen LogP contribution < -0.4 is 5.32 Å². The van der Waals surface area contributed by atoms with E-state index in [1.807, 2.05) is 18.2 Å². The molecule has 1 fully saturated rings. The van der Waals surface area contributed by atoms with Gasteiger partial charge in [0.05, 0.1) is 0 Å². The summed E-state index contributed by atoms with van der Waals surface area (Å²) in [6, 6.07) is 6.47. The molecule has 1 aromatic rings. The summed E-state index contributed by atoms with van der Waals surface area (Å²) in [7, 11) is 3.58. The lowest BCUT2D eigenvalue weighted by Gasteiger charge is -2.33. The second kappa shape index (κ2) is 6.50. The molecule has 0 bridgehead atoms. The van der Waals surface area contributed by atoms with Gasteiger partial charge in [-0.05, 0) is 55.7 Å². The van der Waals surface area contributed by atoms with Crippen molar-refractivity contribution >= 4 is 11.6 Å². The number of nitrogens with one attached hydrogen (secondary N) is 1. The molecule has 1 N–H and O–H groups in total. The Hall–Kier alpha value is -1.51. The molecule has 2 rings (SSSR count). The van der Waals surface area contributed by atoms with E-state index >= 15 is 0 Å². The normalized spacial score (nSPS) is 25.5. The van der Waals surface area contributed by atoms with Crippen LogP contribution in [0.5, 0.6) is 0 Å². The molecule has 116 valence electrons. The molecular weight excluding hydrogens is 260 g/mol. The molecule has 1 amide bonds. The molecule has 0 saturated heterocycles. The first kappa shape index (κ1) is 15.9. The summed E-state index contributed by atoms with van der Waals surface area (Å²) in [4.78, 5) is 13.7. The third kappa shape index (κ3) is 3.78. The Kier molecular flexibility index (Phi) is 4.92. The number of aryl methyl sites for hydroxylation is 1. The van der Waals surface area contributed by atoms with E-state index in [0.29, 0.717) is 6.04 Å². The summed E-state index contributed by atoms with van der Waals surface area (Å²) in [5.41, 5.74) is 3.07. The molecule has 0 aromatic heterocycles. The Morgan fingerprint density at radius 3 is 2.52 bits per heavy atom. The van der Waals surface area contributed by atoms with Crippen molar-refractivity contribution in [3.63, 3.8) is 0 Å². The maximum Gasteiger partial charge on any atom is 0.253 e.